The van der Waals surface area contributed by atoms with Crippen molar-refractivity contribution in [2.45, 2.75) is 17.7 Å². The topological polar surface area (TPSA) is 30.7 Å². The van der Waals surface area contributed by atoms with Gasteiger partial charge in [0.1, 0.15) is 17.0 Å². The van der Waals surface area contributed by atoms with Crippen LogP contribution in [0.2, 0.25) is 0 Å². The van der Waals surface area contributed by atoms with E-state index in [0.717, 1.165) is 33.1 Å². The lowest BCUT2D eigenvalue weighted by Crippen LogP contribution is -1.94. The molecular formula is C26H21N3S. The first kappa shape index (κ1) is 18.6. The van der Waals surface area contributed by atoms with E-state index in [1.165, 1.54) is 16.7 Å². The van der Waals surface area contributed by atoms with Gasteiger partial charge in [-0.05, 0) is 30.2 Å². The van der Waals surface area contributed by atoms with E-state index in [1.54, 1.807) is 18.1 Å². The molecule has 146 valence electrons. The molecule has 5 rings (SSSR count). The molecule has 0 unspecified atom stereocenters. The van der Waals surface area contributed by atoms with Crippen molar-refractivity contribution >= 4 is 22.8 Å². The fraction of sp³-hybridized carbons (Fsp3) is 0.0769. The molecule has 0 radical (unpaired) electrons. The third kappa shape index (κ3) is 3.62. The summed E-state index contributed by atoms with van der Waals surface area (Å²) >= 11 is 1.76. The van der Waals surface area contributed by atoms with Gasteiger partial charge in [0, 0.05) is 23.2 Å². The first-order valence-electron chi connectivity index (χ1n) is 9.95. The van der Waals surface area contributed by atoms with Crippen molar-refractivity contribution in [2.24, 2.45) is 0 Å². The maximum Gasteiger partial charge on any atom is 0.149 e. The third-order valence-corrected chi connectivity index (χ3v) is 6.19. The molecule has 0 N–H and O–H groups in total. The lowest BCUT2D eigenvalue weighted by atomic mass is 10.1. The van der Waals surface area contributed by atoms with Crippen LogP contribution >= 0.6 is 11.8 Å². The molecule has 0 spiro atoms. The molecule has 0 aliphatic heterocycles. The van der Waals surface area contributed by atoms with E-state index in [1.807, 2.05) is 12.1 Å². The van der Waals surface area contributed by atoms with Gasteiger partial charge in [-0.15, -0.1) is 11.8 Å². The summed E-state index contributed by atoms with van der Waals surface area (Å²) in [6.45, 7) is 2.13. The zero-order chi connectivity index (χ0) is 20.3. The number of aryl methyl sites for hydroxylation is 1. The van der Waals surface area contributed by atoms with Gasteiger partial charge in [-0.3, -0.25) is 0 Å². The molecule has 0 amide bonds. The average Bonchev–Trinajstić information content (AvgIpc) is 3.19. The fourth-order valence-corrected chi connectivity index (χ4v) is 4.67. The molecule has 0 aliphatic rings. The number of para-hydroxylation sites is 1. The van der Waals surface area contributed by atoms with Crippen molar-refractivity contribution in [1.82, 2.24) is 14.5 Å². The largest absolute Gasteiger partial charge is 0.301 e. The molecule has 2 heterocycles. The van der Waals surface area contributed by atoms with Crippen LogP contribution < -0.4 is 0 Å². The smallest absolute Gasteiger partial charge is 0.149 e. The highest BCUT2D eigenvalue weighted by atomic mass is 32.2. The second-order valence-corrected chi connectivity index (χ2v) is 8.23. The lowest BCUT2D eigenvalue weighted by Gasteiger charge is -2.07. The van der Waals surface area contributed by atoms with E-state index in [9.17, 15) is 0 Å². The van der Waals surface area contributed by atoms with Crippen LogP contribution in [0, 0.1) is 6.92 Å². The molecule has 3 aromatic carbocycles. The van der Waals surface area contributed by atoms with E-state index in [4.69, 9.17) is 0 Å². The maximum absolute atomic E-state index is 4.68. The minimum atomic E-state index is 0.874. The second-order valence-electron chi connectivity index (χ2n) is 7.27. The molecule has 0 aliphatic carbocycles. The van der Waals surface area contributed by atoms with Crippen LogP contribution in [-0.2, 0) is 5.75 Å². The van der Waals surface area contributed by atoms with Crippen LogP contribution in [0.25, 0.3) is 27.8 Å². The minimum absolute atomic E-state index is 0.874. The van der Waals surface area contributed by atoms with Crippen molar-refractivity contribution in [1.29, 1.82) is 0 Å². The molecule has 5 aromatic rings. The summed E-state index contributed by atoms with van der Waals surface area (Å²) in [5.74, 6) is 0.874. The molecule has 0 fully saturated rings. The highest BCUT2D eigenvalue weighted by molar-refractivity contribution is 7.98. The van der Waals surface area contributed by atoms with Crippen LogP contribution in [0.15, 0.2) is 102 Å². The van der Waals surface area contributed by atoms with Crippen LogP contribution in [0.3, 0.4) is 0 Å². The quantitative estimate of drug-likeness (QED) is 0.240. The molecule has 2 aromatic heterocycles. The molecule has 4 heteroatoms. The Morgan fingerprint density at radius 2 is 1.60 bits per heavy atom. The highest BCUT2D eigenvalue weighted by Gasteiger charge is 2.17. The summed E-state index contributed by atoms with van der Waals surface area (Å²) < 4.78 is 2.16. The van der Waals surface area contributed by atoms with Crippen molar-refractivity contribution in [3.05, 3.63) is 109 Å². The predicted octanol–water partition coefficient (Wildman–Crippen LogP) is 6.69. The van der Waals surface area contributed by atoms with Gasteiger partial charge in [0.15, 0.2) is 0 Å². The van der Waals surface area contributed by atoms with E-state index >= 15 is 0 Å². The van der Waals surface area contributed by atoms with E-state index in [-0.39, 0.29) is 0 Å². The average molecular weight is 408 g/mol. The number of thioether (sulfide) groups is 1. The summed E-state index contributed by atoms with van der Waals surface area (Å²) in [7, 11) is 0. The predicted molar refractivity (Wildman–Crippen MR) is 125 cm³/mol. The first-order chi connectivity index (χ1) is 14.8. The second kappa shape index (κ2) is 8.17. The standard InChI is InChI=1S/C26H21N3S/c1-19-9-8-10-20(15-19)17-30-26-24-23(21-11-4-2-5-12-21)16-29(25(24)27-18-28-26)22-13-6-3-7-14-22/h2-16,18H,17H2,1H3. The number of hydrogen-bond donors (Lipinski definition) is 0. The van der Waals surface area contributed by atoms with Crippen LogP contribution in [0.5, 0.6) is 0 Å². The number of aromatic nitrogens is 3. The number of hydrogen-bond acceptors (Lipinski definition) is 3. The van der Waals surface area contributed by atoms with Gasteiger partial charge in [-0.2, -0.15) is 0 Å². The zero-order valence-corrected chi connectivity index (χ0v) is 17.5. The Labute approximate surface area is 180 Å². The Kier molecular flexibility index (Phi) is 5.08. The maximum atomic E-state index is 4.68. The summed E-state index contributed by atoms with van der Waals surface area (Å²) in [6.07, 6.45) is 3.86. The molecule has 0 saturated carbocycles. The Balaban J connectivity index is 1.65. The van der Waals surface area contributed by atoms with E-state index in [0.29, 0.717) is 0 Å². The lowest BCUT2D eigenvalue weighted by molar-refractivity contribution is 1.04. The Hall–Kier alpha value is -3.37. The summed E-state index contributed by atoms with van der Waals surface area (Å²) in [5.41, 5.74) is 6.93. The zero-order valence-electron chi connectivity index (χ0n) is 16.7. The van der Waals surface area contributed by atoms with Crippen molar-refractivity contribution in [3.63, 3.8) is 0 Å². The monoisotopic (exact) mass is 407 g/mol. The fourth-order valence-electron chi connectivity index (χ4n) is 3.72. The SMILES string of the molecule is Cc1cccc(CSc2ncnc3c2c(-c2ccccc2)cn3-c2ccccc2)c1. The summed E-state index contributed by atoms with van der Waals surface area (Å²) in [4.78, 5) is 9.35. The van der Waals surface area contributed by atoms with Gasteiger partial charge >= 0.3 is 0 Å². The molecule has 3 nitrogen and oxygen atoms in total. The molecule has 0 atom stereocenters. The van der Waals surface area contributed by atoms with Crippen molar-refractivity contribution < 1.29 is 0 Å². The van der Waals surface area contributed by atoms with Crippen molar-refractivity contribution in [2.75, 3.05) is 0 Å². The summed E-state index contributed by atoms with van der Waals surface area (Å²) in [5, 5.41) is 2.11. The van der Waals surface area contributed by atoms with Gasteiger partial charge < -0.3 is 4.57 Å². The van der Waals surface area contributed by atoms with E-state index in [2.05, 4.69) is 100 Å². The van der Waals surface area contributed by atoms with E-state index < -0.39 is 0 Å². The van der Waals surface area contributed by atoms with Crippen LogP contribution in [0.1, 0.15) is 11.1 Å². The van der Waals surface area contributed by atoms with Gasteiger partial charge in [-0.1, -0.05) is 78.4 Å². The molecule has 30 heavy (non-hydrogen) atoms. The number of nitrogens with zero attached hydrogens (tertiary/aromatic N) is 3. The van der Waals surface area contributed by atoms with Crippen LogP contribution in [-0.4, -0.2) is 14.5 Å². The molecule has 0 saturated heterocycles. The Morgan fingerprint density at radius 3 is 2.37 bits per heavy atom. The van der Waals surface area contributed by atoms with Gasteiger partial charge in [-0.25, -0.2) is 9.97 Å². The van der Waals surface area contributed by atoms with Gasteiger partial charge in [0.05, 0.1) is 5.39 Å². The normalized spacial score (nSPS) is 11.1. The number of benzene rings is 3. The molecule has 0 bridgehead atoms. The number of fused-ring (bicyclic) bond motifs is 1. The number of rotatable bonds is 5. The minimum Gasteiger partial charge on any atom is -0.301 e. The first-order valence-corrected chi connectivity index (χ1v) is 10.9. The van der Waals surface area contributed by atoms with Gasteiger partial charge in [0.25, 0.3) is 0 Å². The summed E-state index contributed by atoms with van der Waals surface area (Å²) in [6, 6.07) is 29.5. The Bertz CT molecular complexity index is 1290. The molecular weight excluding hydrogens is 386 g/mol. The van der Waals surface area contributed by atoms with Crippen LogP contribution in [0.4, 0.5) is 0 Å². The highest BCUT2D eigenvalue weighted by Crippen LogP contribution is 2.37. The Morgan fingerprint density at radius 1 is 0.833 bits per heavy atom. The third-order valence-electron chi connectivity index (χ3n) is 5.13. The van der Waals surface area contributed by atoms with Gasteiger partial charge in [0.2, 0.25) is 0 Å². The van der Waals surface area contributed by atoms with Crippen molar-refractivity contribution in [3.8, 4) is 16.8 Å².